The Labute approximate surface area is 132 Å². The molecule has 0 amide bonds. The first kappa shape index (κ1) is 13.6. The van der Waals surface area contributed by atoms with Gasteiger partial charge in [-0.3, -0.25) is 0 Å². The average molecular weight is 306 g/mol. The molecule has 4 aromatic rings. The van der Waals surface area contributed by atoms with Crippen molar-refractivity contribution in [2.24, 2.45) is 0 Å². The number of benzene rings is 2. The van der Waals surface area contributed by atoms with Gasteiger partial charge in [-0.05, 0) is 42.0 Å². The molecule has 2 N–H and O–H groups in total. The molecule has 0 fully saturated rings. The van der Waals surface area contributed by atoms with Crippen LogP contribution in [0.2, 0.25) is 0 Å². The highest BCUT2D eigenvalue weighted by Gasteiger charge is 2.15. The molecule has 0 atom stereocenters. The maximum Gasteiger partial charge on any atom is 0.219 e. The lowest BCUT2D eigenvalue weighted by atomic mass is 10.1. The van der Waals surface area contributed by atoms with Crippen molar-refractivity contribution in [3.63, 3.8) is 0 Å². The SMILES string of the molecule is CCOc1ccc2cc3c4cc(O)ccc4cc[n+]3cc2c1O. The molecule has 4 nitrogen and oxygen atoms in total. The molecule has 0 aliphatic heterocycles. The van der Waals surface area contributed by atoms with Crippen molar-refractivity contribution >= 4 is 27.1 Å². The number of ether oxygens (including phenoxy) is 1. The molecule has 0 aliphatic carbocycles. The molecule has 0 saturated carbocycles. The van der Waals surface area contributed by atoms with Gasteiger partial charge >= 0.3 is 0 Å². The van der Waals surface area contributed by atoms with Gasteiger partial charge in [-0.1, -0.05) is 6.07 Å². The minimum absolute atomic E-state index is 0.148. The molecule has 0 unspecified atom stereocenters. The van der Waals surface area contributed by atoms with Crippen molar-refractivity contribution in [3.8, 4) is 17.2 Å². The van der Waals surface area contributed by atoms with Crippen LogP contribution in [-0.4, -0.2) is 16.8 Å². The maximum atomic E-state index is 10.4. The van der Waals surface area contributed by atoms with Crippen LogP contribution in [0.25, 0.3) is 27.1 Å². The standard InChI is InChI=1S/C19H15NO3/c1-2-23-18-6-4-13-9-17-15-10-14(21)5-3-12(15)7-8-20(17)11-16(13)19(18)22/h3-11,21H,2H2,1H3/p+1. The van der Waals surface area contributed by atoms with Crippen molar-refractivity contribution < 1.29 is 19.4 Å². The van der Waals surface area contributed by atoms with E-state index in [4.69, 9.17) is 4.74 Å². The number of aromatic nitrogens is 1. The van der Waals surface area contributed by atoms with Crippen molar-refractivity contribution in [1.82, 2.24) is 0 Å². The Bertz CT molecular complexity index is 1060. The molecule has 0 radical (unpaired) electrons. The van der Waals surface area contributed by atoms with E-state index in [2.05, 4.69) is 0 Å². The predicted octanol–water partition coefficient (Wildman–Crippen LogP) is 3.54. The summed E-state index contributed by atoms with van der Waals surface area (Å²) in [7, 11) is 0. The lowest BCUT2D eigenvalue weighted by Crippen LogP contribution is -2.20. The topological polar surface area (TPSA) is 53.8 Å². The second-order valence-corrected chi connectivity index (χ2v) is 5.50. The molecule has 0 spiro atoms. The van der Waals surface area contributed by atoms with Crippen LogP contribution in [0.15, 0.2) is 54.9 Å². The first-order valence-electron chi connectivity index (χ1n) is 7.52. The first-order valence-corrected chi connectivity index (χ1v) is 7.52. The highest BCUT2D eigenvalue weighted by molar-refractivity contribution is 5.99. The van der Waals surface area contributed by atoms with Gasteiger partial charge in [0.15, 0.2) is 23.9 Å². The summed E-state index contributed by atoms with van der Waals surface area (Å²) in [5.74, 6) is 0.869. The van der Waals surface area contributed by atoms with E-state index in [1.165, 1.54) is 0 Å². The molecule has 2 aromatic carbocycles. The van der Waals surface area contributed by atoms with Gasteiger partial charge in [0.1, 0.15) is 5.75 Å². The van der Waals surface area contributed by atoms with Crippen LogP contribution in [0.4, 0.5) is 0 Å². The first-order chi connectivity index (χ1) is 11.2. The molecule has 2 heterocycles. The summed E-state index contributed by atoms with van der Waals surface area (Å²) >= 11 is 0. The number of nitrogens with zero attached hydrogens (tertiary/aromatic N) is 1. The lowest BCUT2D eigenvalue weighted by Gasteiger charge is -2.08. The molecule has 4 heteroatoms. The van der Waals surface area contributed by atoms with Crippen LogP contribution in [-0.2, 0) is 0 Å². The number of hydrogen-bond donors (Lipinski definition) is 2. The fourth-order valence-corrected chi connectivity index (χ4v) is 2.98. The lowest BCUT2D eigenvalue weighted by molar-refractivity contribution is -0.509. The number of aromatic hydroxyl groups is 2. The maximum absolute atomic E-state index is 10.4. The monoisotopic (exact) mass is 306 g/mol. The van der Waals surface area contributed by atoms with E-state index in [0.29, 0.717) is 12.4 Å². The number of phenolic OH excluding ortho intramolecular Hbond substituents is 2. The summed E-state index contributed by atoms with van der Waals surface area (Å²) in [6.45, 7) is 2.39. The summed E-state index contributed by atoms with van der Waals surface area (Å²) < 4.78 is 7.39. The summed E-state index contributed by atoms with van der Waals surface area (Å²) in [5, 5.41) is 23.9. The Hall–Kier alpha value is -3.01. The van der Waals surface area contributed by atoms with Crippen LogP contribution in [0.3, 0.4) is 0 Å². The van der Waals surface area contributed by atoms with Crippen molar-refractivity contribution in [2.75, 3.05) is 6.61 Å². The fourth-order valence-electron chi connectivity index (χ4n) is 2.98. The van der Waals surface area contributed by atoms with Crippen LogP contribution < -0.4 is 9.14 Å². The molecule has 23 heavy (non-hydrogen) atoms. The van der Waals surface area contributed by atoms with E-state index in [1.54, 1.807) is 18.2 Å². The highest BCUT2D eigenvalue weighted by atomic mass is 16.5. The summed E-state index contributed by atoms with van der Waals surface area (Å²) in [5.41, 5.74) is 0.967. The Balaban J connectivity index is 2.09. The van der Waals surface area contributed by atoms with Gasteiger partial charge in [0.05, 0.1) is 17.4 Å². The molecular weight excluding hydrogens is 290 g/mol. The highest BCUT2D eigenvalue weighted by Crippen LogP contribution is 2.35. The minimum Gasteiger partial charge on any atom is -0.508 e. The van der Waals surface area contributed by atoms with E-state index in [-0.39, 0.29) is 11.5 Å². The summed E-state index contributed by atoms with van der Waals surface area (Å²) in [4.78, 5) is 0. The zero-order chi connectivity index (χ0) is 16.0. The smallest absolute Gasteiger partial charge is 0.219 e. The Morgan fingerprint density at radius 1 is 0.957 bits per heavy atom. The van der Waals surface area contributed by atoms with Gasteiger partial charge in [-0.15, -0.1) is 0 Å². The van der Waals surface area contributed by atoms with Gasteiger partial charge in [0, 0.05) is 12.1 Å². The minimum atomic E-state index is 0.148. The van der Waals surface area contributed by atoms with Gasteiger partial charge in [0.25, 0.3) is 0 Å². The van der Waals surface area contributed by atoms with Crippen molar-refractivity contribution in [1.29, 1.82) is 0 Å². The van der Waals surface area contributed by atoms with E-state index < -0.39 is 0 Å². The zero-order valence-electron chi connectivity index (χ0n) is 12.7. The van der Waals surface area contributed by atoms with Gasteiger partial charge in [0.2, 0.25) is 5.52 Å². The molecule has 0 saturated heterocycles. The fraction of sp³-hybridized carbons (Fsp3) is 0.105. The Kier molecular flexibility index (Phi) is 2.98. The Morgan fingerprint density at radius 3 is 2.61 bits per heavy atom. The van der Waals surface area contributed by atoms with E-state index in [1.807, 2.05) is 48.0 Å². The van der Waals surface area contributed by atoms with Crippen LogP contribution >= 0.6 is 0 Å². The third kappa shape index (κ3) is 2.11. The second-order valence-electron chi connectivity index (χ2n) is 5.50. The van der Waals surface area contributed by atoms with Gasteiger partial charge in [-0.2, -0.15) is 4.40 Å². The molecule has 4 rings (SSSR count). The molecular formula is C19H16NO3+. The third-order valence-corrected chi connectivity index (χ3v) is 4.08. The van der Waals surface area contributed by atoms with Crippen molar-refractivity contribution in [3.05, 3.63) is 54.9 Å². The van der Waals surface area contributed by atoms with Crippen molar-refractivity contribution in [2.45, 2.75) is 6.92 Å². The molecule has 2 aromatic heterocycles. The van der Waals surface area contributed by atoms with Gasteiger partial charge < -0.3 is 14.9 Å². The summed E-state index contributed by atoms with van der Waals surface area (Å²) in [6, 6.07) is 13.0. The van der Waals surface area contributed by atoms with E-state index in [9.17, 15) is 10.2 Å². The largest absolute Gasteiger partial charge is 0.508 e. The average Bonchev–Trinajstić information content (AvgIpc) is 2.56. The number of phenols is 2. The number of rotatable bonds is 2. The van der Waals surface area contributed by atoms with Gasteiger partial charge in [-0.25, -0.2) is 0 Å². The van der Waals surface area contributed by atoms with Crippen LogP contribution in [0.1, 0.15) is 6.92 Å². The third-order valence-electron chi connectivity index (χ3n) is 4.08. The molecule has 114 valence electrons. The summed E-state index contributed by atoms with van der Waals surface area (Å²) in [6.07, 6.45) is 3.83. The number of pyridine rings is 2. The number of hydrogen-bond acceptors (Lipinski definition) is 3. The van der Waals surface area contributed by atoms with E-state index in [0.717, 1.165) is 27.1 Å². The van der Waals surface area contributed by atoms with Crippen LogP contribution in [0.5, 0.6) is 17.2 Å². The molecule has 0 bridgehead atoms. The zero-order valence-corrected chi connectivity index (χ0v) is 12.7. The van der Waals surface area contributed by atoms with Crippen LogP contribution in [0, 0.1) is 0 Å². The number of fused-ring (bicyclic) bond motifs is 4. The van der Waals surface area contributed by atoms with E-state index >= 15 is 0 Å². The molecule has 0 aliphatic rings. The Morgan fingerprint density at radius 2 is 1.78 bits per heavy atom. The second kappa shape index (κ2) is 5.02. The predicted molar refractivity (Wildman–Crippen MR) is 89.1 cm³/mol. The quantitative estimate of drug-likeness (QED) is 0.338. The normalized spacial score (nSPS) is 11.3.